The lowest BCUT2D eigenvalue weighted by atomic mass is 10.4. The predicted octanol–water partition coefficient (Wildman–Crippen LogP) is 2.42. The summed E-state index contributed by atoms with van der Waals surface area (Å²) in [6, 6.07) is 1.62. The van der Waals surface area contributed by atoms with Crippen molar-refractivity contribution in [3.8, 4) is 0 Å². The number of nitrogens with zero attached hydrogens (tertiary/aromatic N) is 2. The molecule has 0 saturated carbocycles. The van der Waals surface area contributed by atoms with Crippen LogP contribution in [0.25, 0.3) is 4.85 Å². The van der Waals surface area contributed by atoms with Crippen LogP contribution < -0.4 is 5.43 Å². The Labute approximate surface area is 90.0 Å². The van der Waals surface area contributed by atoms with Crippen molar-refractivity contribution in [3.63, 3.8) is 0 Å². The maximum Gasteiger partial charge on any atom is 0.243 e. The Bertz CT molecular complexity index is 419. The SMILES string of the molecule is [C-]#[N+]c1cc(/C=N/NC(C)=O)c(Cl)s1. The first kappa shape index (κ1) is 10.7. The molecule has 1 heterocycles. The van der Waals surface area contributed by atoms with E-state index in [0.29, 0.717) is 14.9 Å². The number of thiophene rings is 1. The molecular formula is C8H6ClN3OS. The van der Waals surface area contributed by atoms with E-state index in [1.807, 2.05) is 0 Å². The molecule has 4 nitrogen and oxygen atoms in total. The number of nitrogens with one attached hydrogen (secondary N) is 1. The largest absolute Gasteiger partial charge is 0.274 e. The fourth-order valence-electron chi connectivity index (χ4n) is 0.706. The number of rotatable bonds is 2. The molecule has 1 rings (SSSR count). The average Bonchev–Trinajstić information content (AvgIpc) is 2.47. The van der Waals surface area contributed by atoms with Crippen molar-refractivity contribution in [3.05, 3.63) is 27.4 Å². The van der Waals surface area contributed by atoms with Crippen LogP contribution in [0, 0.1) is 6.57 Å². The molecule has 72 valence electrons. The van der Waals surface area contributed by atoms with Crippen molar-refractivity contribution in [2.75, 3.05) is 0 Å². The monoisotopic (exact) mass is 227 g/mol. The fraction of sp³-hybridized carbons (Fsp3) is 0.125. The highest BCUT2D eigenvalue weighted by Gasteiger charge is 2.03. The molecule has 0 atom stereocenters. The molecule has 1 N–H and O–H groups in total. The molecule has 1 aromatic heterocycles. The van der Waals surface area contributed by atoms with Gasteiger partial charge in [-0.3, -0.25) is 4.79 Å². The van der Waals surface area contributed by atoms with Gasteiger partial charge in [0.15, 0.2) is 0 Å². The first-order chi connectivity index (χ1) is 6.63. The van der Waals surface area contributed by atoms with Gasteiger partial charge < -0.3 is 0 Å². The Kier molecular flexibility index (Phi) is 3.63. The second-order valence-electron chi connectivity index (χ2n) is 2.35. The van der Waals surface area contributed by atoms with E-state index in [2.05, 4.69) is 15.4 Å². The lowest BCUT2D eigenvalue weighted by Gasteiger charge is -1.90. The first-order valence-electron chi connectivity index (χ1n) is 3.60. The van der Waals surface area contributed by atoms with E-state index in [4.69, 9.17) is 18.2 Å². The zero-order chi connectivity index (χ0) is 10.6. The molecule has 14 heavy (non-hydrogen) atoms. The van der Waals surface area contributed by atoms with Crippen LogP contribution in [0.3, 0.4) is 0 Å². The van der Waals surface area contributed by atoms with Crippen LogP contribution in [-0.2, 0) is 4.79 Å². The van der Waals surface area contributed by atoms with Crippen molar-refractivity contribution in [2.24, 2.45) is 5.10 Å². The van der Waals surface area contributed by atoms with E-state index in [0.717, 1.165) is 0 Å². The fourth-order valence-corrected chi connectivity index (χ4v) is 1.69. The molecule has 0 radical (unpaired) electrons. The third kappa shape index (κ3) is 2.83. The van der Waals surface area contributed by atoms with E-state index < -0.39 is 0 Å². The highest BCUT2D eigenvalue weighted by Crippen LogP contribution is 2.32. The number of hydrogen-bond donors (Lipinski definition) is 1. The van der Waals surface area contributed by atoms with Gasteiger partial charge in [-0.15, -0.1) is 11.3 Å². The minimum atomic E-state index is -0.252. The molecule has 0 aromatic carbocycles. The molecule has 1 amide bonds. The molecule has 6 heteroatoms. The Balaban J connectivity index is 2.77. The molecule has 0 saturated heterocycles. The summed E-state index contributed by atoms with van der Waals surface area (Å²) < 4.78 is 0.491. The lowest BCUT2D eigenvalue weighted by Crippen LogP contribution is -2.12. The van der Waals surface area contributed by atoms with Crippen LogP contribution in [0.2, 0.25) is 4.34 Å². The molecule has 0 aliphatic heterocycles. The summed E-state index contributed by atoms with van der Waals surface area (Å²) in [6.07, 6.45) is 1.41. The molecule has 1 aromatic rings. The number of halogens is 1. The summed E-state index contributed by atoms with van der Waals surface area (Å²) in [5.41, 5.74) is 2.88. The lowest BCUT2D eigenvalue weighted by molar-refractivity contribution is -0.118. The normalized spacial score (nSPS) is 10.1. The minimum absolute atomic E-state index is 0.252. The zero-order valence-electron chi connectivity index (χ0n) is 7.24. The number of amides is 1. The third-order valence-corrected chi connectivity index (χ3v) is 2.52. The molecule has 0 unspecified atom stereocenters. The van der Waals surface area contributed by atoms with Crippen molar-refractivity contribution in [1.29, 1.82) is 0 Å². The van der Waals surface area contributed by atoms with Crippen molar-refractivity contribution < 1.29 is 4.79 Å². The van der Waals surface area contributed by atoms with Crippen LogP contribution in [0.4, 0.5) is 5.00 Å². The molecule has 0 fully saturated rings. The van der Waals surface area contributed by atoms with Gasteiger partial charge in [0.25, 0.3) is 0 Å². The second kappa shape index (κ2) is 4.74. The van der Waals surface area contributed by atoms with E-state index in [9.17, 15) is 4.79 Å². The summed E-state index contributed by atoms with van der Waals surface area (Å²) in [4.78, 5) is 13.7. The second-order valence-corrected chi connectivity index (χ2v) is 3.98. The van der Waals surface area contributed by atoms with Gasteiger partial charge in [0.05, 0.1) is 17.1 Å². The number of hydrazone groups is 1. The number of carbonyl (C=O) groups is 1. The third-order valence-electron chi connectivity index (χ3n) is 1.24. The average molecular weight is 228 g/mol. The van der Waals surface area contributed by atoms with Gasteiger partial charge in [0.2, 0.25) is 10.9 Å². The number of hydrogen-bond acceptors (Lipinski definition) is 3. The van der Waals surface area contributed by atoms with Gasteiger partial charge in [0, 0.05) is 12.5 Å². The topological polar surface area (TPSA) is 45.8 Å². The first-order valence-corrected chi connectivity index (χ1v) is 4.79. The quantitative estimate of drug-likeness (QED) is 0.471. The van der Waals surface area contributed by atoms with Crippen LogP contribution in [0.5, 0.6) is 0 Å². The van der Waals surface area contributed by atoms with E-state index in [1.54, 1.807) is 6.07 Å². The Hall–Kier alpha value is -1.38. The molecular weight excluding hydrogens is 222 g/mol. The smallest absolute Gasteiger partial charge is 0.243 e. The van der Waals surface area contributed by atoms with Crippen LogP contribution in [0.15, 0.2) is 11.2 Å². The molecule has 0 spiro atoms. The van der Waals surface area contributed by atoms with E-state index in [-0.39, 0.29) is 5.91 Å². The summed E-state index contributed by atoms with van der Waals surface area (Å²) >= 11 is 6.99. The summed E-state index contributed by atoms with van der Waals surface area (Å²) in [7, 11) is 0. The van der Waals surface area contributed by atoms with Gasteiger partial charge in [0.1, 0.15) is 0 Å². The maximum absolute atomic E-state index is 10.5. The van der Waals surface area contributed by atoms with Crippen LogP contribution in [0.1, 0.15) is 12.5 Å². The van der Waals surface area contributed by atoms with E-state index >= 15 is 0 Å². The zero-order valence-corrected chi connectivity index (χ0v) is 8.82. The van der Waals surface area contributed by atoms with Gasteiger partial charge in [-0.05, 0) is 6.07 Å². The highest BCUT2D eigenvalue weighted by molar-refractivity contribution is 7.20. The van der Waals surface area contributed by atoms with Crippen LogP contribution in [-0.4, -0.2) is 12.1 Å². The Morgan fingerprint density at radius 1 is 1.86 bits per heavy atom. The van der Waals surface area contributed by atoms with Crippen LogP contribution >= 0.6 is 22.9 Å². The van der Waals surface area contributed by atoms with Gasteiger partial charge in [-0.2, -0.15) is 5.10 Å². The van der Waals surface area contributed by atoms with Crippen molar-refractivity contribution in [1.82, 2.24) is 5.43 Å². The predicted molar refractivity (Wildman–Crippen MR) is 57.0 cm³/mol. The van der Waals surface area contributed by atoms with Gasteiger partial charge >= 0.3 is 0 Å². The Morgan fingerprint density at radius 3 is 3.07 bits per heavy atom. The van der Waals surface area contributed by atoms with Crippen molar-refractivity contribution >= 4 is 40.1 Å². The maximum atomic E-state index is 10.5. The standard InChI is InChI=1S/C8H6ClN3OS/c1-5(13)12-11-4-6-3-7(10-2)14-8(6)9/h3-4H,1H3,(H,12,13)/b11-4+. The highest BCUT2D eigenvalue weighted by atomic mass is 35.5. The molecule has 0 aliphatic carbocycles. The number of carbonyl (C=O) groups excluding carboxylic acids is 1. The Morgan fingerprint density at radius 2 is 2.57 bits per heavy atom. The summed E-state index contributed by atoms with van der Waals surface area (Å²) in [6.45, 7) is 8.12. The molecule has 0 bridgehead atoms. The molecule has 0 aliphatic rings. The van der Waals surface area contributed by atoms with Gasteiger partial charge in [-0.1, -0.05) is 11.6 Å². The summed E-state index contributed by atoms with van der Waals surface area (Å²) in [5, 5.41) is 4.14. The van der Waals surface area contributed by atoms with Gasteiger partial charge in [-0.25, -0.2) is 10.3 Å². The minimum Gasteiger partial charge on any atom is -0.274 e. The van der Waals surface area contributed by atoms with E-state index in [1.165, 1.54) is 24.5 Å². The van der Waals surface area contributed by atoms with Crippen molar-refractivity contribution in [2.45, 2.75) is 6.92 Å². The summed E-state index contributed by atoms with van der Waals surface area (Å²) in [5.74, 6) is -0.252.